The molecule has 0 aliphatic heterocycles. The number of nitrogens with zero attached hydrogens (tertiary/aromatic N) is 3. The van der Waals surface area contributed by atoms with Crippen LogP contribution in [-0.2, 0) is 0 Å². The summed E-state index contributed by atoms with van der Waals surface area (Å²) in [4.78, 5) is 13.1. The molecule has 0 saturated heterocycles. The first-order valence-electron chi connectivity index (χ1n) is 7.01. The fraction of sp³-hybridized carbons (Fsp3) is 0.118. The summed E-state index contributed by atoms with van der Waals surface area (Å²) in [5.74, 6) is 0.562. The van der Waals surface area contributed by atoms with Crippen molar-refractivity contribution in [2.45, 2.75) is 13.8 Å². The number of benzene rings is 1. The maximum Gasteiger partial charge on any atom is 0.227 e. The molecule has 5 heteroatoms. The van der Waals surface area contributed by atoms with Crippen LogP contribution in [0.2, 0.25) is 0 Å². The molecule has 3 N–H and O–H groups in total. The number of aromatic nitrogens is 3. The van der Waals surface area contributed by atoms with Crippen molar-refractivity contribution in [1.29, 1.82) is 0 Å². The standard InChI is InChI=1S/C17H17N5/c1-11-8-14(18)5-6-15(11)21-17-20-12(2)9-16(22-17)13-4-3-7-19-10-13/h3-10H,18H2,1-2H3,(H,20,21,22). The Hall–Kier alpha value is -2.95. The second kappa shape index (κ2) is 5.81. The van der Waals surface area contributed by atoms with Crippen LogP contribution >= 0.6 is 0 Å². The number of hydrogen-bond donors (Lipinski definition) is 2. The Morgan fingerprint density at radius 3 is 2.64 bits per heavy atom. The molecule has 0 aliphatic rings. The number of nitrogens with one attached hydrogen (secondary N) is 1. The molecule has 0 bridgehead atoms. The molecule has 5 nitrogen and oxygen atoms in total. The fourth-order valence-corrected chi connectivity index (χ4v) is 2.23. The Kier molecular flexibility index (Phi) is 3.70. The van der Waals surface area contributed by atoms with E-state index in [-0.39, 0.29) is 0 Å². The summed E-state index contributed by atoms with van der Waals surface area (Å²) in [5.41, 5.74) is 11.2. The quantitative estimate of drug-likeness (QED) is 0.722. The van der Waals surface area contributed by atoms with Gasteiger partial charge in [0, 0.05) is 35.0 Å². The molecule has 110 valence electrons. The monoisotopic (exact) mass is 291 g/mol. The van der Waals surface area contributed by atoms with Crippen LogP contribution in [0.4, 0.5) is 17.3 Å². The van der Waals surface area contributed by atoms with Gasteiger partial charge in [0.2, 0.25) is 5.95 Å². The summed E-state index contributed by atoms with van der Waals surface area (Å²) in [6.45, 7) is 3.94. The third-order valence-corrected chi connectivity index (χ3v) is 3.31. The molecule has 3 rings (SSSR count). The molecule has 0 spiro atoms. The van der Waals surface area contributed by atoms with E-state index in [1.165, 1.54) is 0 Å². The average molecular weight is 291 g/mol. The van der Waals surface area contributed by atoms with Gasteiger partial charge in [-0.2, -0.15) is 0 Å². The van der Waals surface area contributed by atoms with Crippen molar-refractivity contribution >= 4 is 17.3 Å². The molecule has 0 radical (unpaired) electrons. The normalized spacial score (nSPS) is 10.5. The van der Waals surface area contributed by atoms with Crippen LogP contribution in [0.3, 0.4) is 0 Å². The fourth-order valence-electron chi connectivity index (χ4n) is 2.23. The van der Waals surface area contributed by atoms with Crippen molar-refractivity contribution in [3.05, 3.63) is 60.0 Å². The van der Waals surface area contributed by atoms with Gasteiger partial charge in [0.25, 0.3) is 0 Å². The third-order valence-electron chi connectivity index (χ3n) is 3.31. The van der Waals surface area contributed by atoms with E-state index in [4.69, 9.17) is 5.73 Å². The molecule has 0 atom stereocenters. The number of anilines is 3. The van der Waals surface area contributed by atoms with Crippen molar-refractivity contribution in [3.8, 4) is 11.3 Å². The molecule has 1 aromatic carbocycles. The van der Waals surface area contributed by atoms with E-state index in [1.54, 1.807) is 12.4 Å². The van der Waals surface area contributed by atoms with E-state index in [9.17, 15) is 0 Å². The molecule has 0 saturated carbocycles. The summed E-state index contributed by atoms with van der Waals surface area (Å²) in [6.07, 6.45) is 3.54. The van der Waals surface area contributed by atoms with Gasteiger partial charge in [0.05, 0.1) is 5.69 Å². The largest absolute Gasteiger partial charge is 0.399 e. The van der Waals surface area contributed by atoms with Gasteiger partial charge >= 0.3 is 0 Å². The first-order chi connectivity index (χ1) is 10.6. The zero-order valence-corrected chi connectivity index (χ0v) is 12.5. The Bertz CT molecular complexity index is 799. The molecular weight excluding hydrogens is 274 g/mol. The van der Waals surface area contributed by atoms with Gasteiger partial charge in [0.1, 0.15) is 0 Å². The Labute approximate surface area is 129 Å². The number of nitrogens with two attached hydrogens (primary N) is 1. The molecule has 3 aromatic rings. The Morgan fingerprint density at radius 2 is 1.91 bits per heavy atom. The van der Waals surface area contributed by atoms with Crippen LogP contribution in [0, 0.1) is 13.8 Å². The summed E-state index contributed by atoms with van der Waals surface area (Å²) < 4.78 is 0. The van der Waals surface area contributed by atoms with Crippen LogP contribution in [-0.4, -0.2) is 15.0 Å². The highest BCUT2D eigenvalue weighted by atomic mass is 15.1. The van der Waals surface area contributed by atoms with Crippen molar-refractivity contribution in [2.75, 3.05) is 11.1 Å². The number of pyridine rings is 1. The van der Waals surface area contributed by atoms with Crippen LogP contribution in [0.25, 0.3) is 11.3 Å². The molecule has 2 heterocycles. The zero-order chi connectivity index (χ0) is 15.5. The minimum atomic E-state index is 0.562. The lowest BCUT2D eigenvalue weighted by Crippen LogP contribution is -2.02. The topological polar surface area (TPSA) is 76.7 Å². The van der Waals surface area contributed by atoms with Crippen LogP contribution in [0.5, 0.6) is 0 Å². The third kappa shape index (κ3) is 3.03. The highest BCUT2D eigenvalue weighted by Gasteiger charge is 2.06. The van der Waals surface area contributed by atoms with E-state index in [0.29, 0.717) is 5.95 Å². The van der Waals surface area contributed by atoms with E-state index in [2.05, 4.69) is 20.3 Å². The first-order valence-corrected chi connectivity index (χ1v) is 7.01. The van der Waals surface area contributed by atoms with E-state index in [1.807, 2.05) is 50.2 Å². The van der Waals surface area contributed by atoms with E-state index >= 15 is 0 Å². The summed E-state index contributed by atoms with van der Waals surface area (Å²) in [6, 6.07) is 11.5. The molecule has 0 fully saturated rings. The first kappa shape index (κ1) is 14.0. The molecule has 0 unspecified atom stereocenters. The van der Waals surface area contributed by atoms with E-state index in [0.717, 1.165) is 33.9 Å². The number of nitrogen functional groups attached to an aromatic ring is 1. The van der Waals surface area contributed by atoms with E-state index < -0.39 is 0 Å². The maximum absolute atomic E-state index is 5.78. The smallest absolute Gasteiger partial charge is 0.227 e. The van der Waals surface area contributed by atoms with Crippen molar-refractivity contribution in [2.24, 2.45) is 0 Å². The average Bonchev–Trinajstić information content (AvgIpc) is 2.50. The molecule has 2 aromatic heterocycles. The molecule has 0 aliphatic carbocycles. The minimum Gasteiger partial charge on any atom is -0.399 e. The van der Waals surface area contributed by atoms with Crippen LogP contribution in [0.15, 0.2) is 48.8 Å². The van der Waals surface area contributed by atoms with Crippen molar-refractivity contribution < 1.29 is 0 Å². The predicted molar refractivity (Wildman–Crippen MR) is 88.9 cm³/mol. The van der Waals surface area contributed by atoms with Crippen LogP contribution < -0.4 is 11.1 Å². The number of hydrogen-bond acceptors (Lipinski definition) is 5. The van der Waals surface area contributed by atoms with Gasteiger partial charge in [0.15, 0.2) is 0 Å². The second-order valence-corrected chi connectivity index (χ2v) is 5.16. The SMILES string of the molecule is Cc1cc(-c2cccnc2)nc(Nc2ccc(N)cc2C)n1. The van der Waals surface area contributed by atoms with Crippen LogP contribution in [0.1, 0.15) is 11.3 Å². The van der Waals surface area contributed by atoms with Crippen molar-refractivity contribution in [3.63, 3.8) is 0 Å². The number of rotatable bonds is 3. The summed E-state index contributed by atoms with van der Waals surface area (Å²) >= 11 is 0. The lowest BCUT2D eigenvalue weighted by atomic mass is 10.2. The van der Waals surface area contributed by atoms with Gasteiger partial charge in [-0.25, -0.2) is 9.97 Å². The lowest BCUT2D eigenvalue weighted by molar-refractivity contribution is 1.10. The Balaban J connectivity index is 1.96. The maximum atomic E-state index is 5.78. The van der Waals surface area contributed by atoms with Gasteiger partial charge in [-0.3, -0.25) is 4.98 Å². The minimum absolute atomic E-state index is 0.562. The predicted octanol–water partition coefficient (Wildman–Crippen LogP) is 3.48. The van der Waals surface area contributed by atoms with Gasteiger partial charge in [-0.1, -0.05) is 0 Å². The molecule has 22 heavy (non-hydrogen) atoms. The van der Waals surface area contributed by atoms with Gasteiger partial charge in [-0.15, -0.1) is 0 Å². The number of aryl methyl sites for hydroxylation is 2. The van der Waals surface area contributed by atoms with Gasteiger partial charge < -0.3 is 11.1 Å². The second-order valence-electron chi connectivity index (χ2n) is 5.16. The molecular formula is C17H17N5. The summed E-state index contributed by atoms with van der Waals surface area (Å²) in [7, 11) is 0. The lowest BCUT2D eigenvalue weighted by Gasteiger charge is -2.11. The van der Waals surface area contributed by atoms with Crippen molar-refractivity contribution in [1.82, 2.24) is 15.0 Å². The highest BCUT2D eigenvalue weighted by molar-refractivity contribution is 5.65. The Morgan fingerprint density at radius 1 is 1.05 bits per heavy atom. The molecule has 0 amide bonds. The highest BCUT2D eigenvalue weighted by Crippen LogP contribution is 2.23. The van der Waals surface area contributed by atoms with Gasteiger partial charge in [-0.05, 0) is 55.8 Å². The zero-order valence-electron chi connectivity index (χ0n) is 12.5. The summed E-state index contributed by atoms with van der Waals surface area (Å²) in [5, 5.41) is 3.25.